The Hall–Kier alpha value is -1.98. The van der Waals surface area contributed by atoms with Gasteiger partial charge in [-0.2, -0.15) is 0 Å². The normalized spacial score (nSPS) is 12.5. The van der Waals surface area contributed by atoms with Crippen molar-refractivity contribution in [2.75, 3.05) is 14.2 Å². The van der Waals surface area contributed by atoms with E-state index in [0.717, 1.165) is 5.56 Å². The van der Waals surface area contributed by atoms with Crippen LogP contribution in [0.3, 0.4) is 0 Å². The van der Waals surface area contributed by atoms with Crippen LogP contribution in [0.25, 0.3) is 0 Å². The lowest BCUT2D eigenvalue weighted by Crippen LogP contribution is -2.42. The zero-order valence-electron chi connectivity index (χ0n) is 14.4. The number of amides is 1. The highest BCUT2D eigenvalue weighted by Gasteiger charge is 2.19. The fourth-order valence-corrected chi connectivity index (χ4v) is 1.97. The first-order valence-corrected chi connectivity index (χ1v) is 7.23. The summed E-state index contributed by atoms with van der Waals surface area (Å²) in [6.45, 7) is 9.40. The van der Waals surface area contributed by atoms with Gasteiger partial charge in [0.25, 0.3) is 0 Å². The van der Waals surface area contributed by atoms with E-state index in [1.807, 2.05) is 40.7 Å². The van der Waals surface area contributed by atoms with Crippen LogP contribution in [0.5, 0.6) is 11.6 Å². The molecule has 0 fully saturated rings. The minimum Gasteiger partial charge on any atom is -0.495 e. The number of methoxy groups -OCH3 is 2. The van der Waals surface area contributed by atoms with Crippen LogP contribution in [-0.2, 0) is 11.2 Å². The number of carbonyl (C=O) groups excluding carboxylic acids is 1. The van der Waals surface area contributed by atoms with Crippen LogP contribution >= 0.6 is 0 Å². The molecule has 0 aliphatic heterocycles. The van der Waals surface area contributed by atoms with Gasteiger partial charge >= 0.3 is 6.09 Å². The predicted molar refractivity (Wildman–Crippen MR) is 84.6 cm³/mol. The van der Waals surface area contributed by atoms with Gasteiger partial charge in [0.1, 0.15) is 11.9 Å². The van der Waals surface area contributed by atoms with Crippen molar-refractivity contribution in [1.82, 2.24) is 10.3 Å². The average molecular weight is 310 g/mol. The summed E-state index contributed by atoms with van der Waals surface area (Å²) < 4.78 is 15.9. The molecule has 124 valence electrons. The Morgan fingerprint density at radius 1 is 1.32 bits per heavy atom. The van der Waals surface area contributed by atoms with Crippen LogP contribution in [0, 0.1) is 6.92 Å². The lowest BCUT2D eigenvalue weighted by molar-refractivity contribution is 0.0991. The molecule has 1 atom stereocenters. The SMILES string of the molecule is COc1cc(C)c(OC)nc1CC(C)OC(=O)NC(C)(C)C. The van der Waals surface area contributed by atoms with E-state index in [2.05, 4.69) is 10.3 Å². The largest absolute Gasteiger partial charge is 0.495 e. The molecule has 0 radical (unpaired) electrons. The Kier molecular flexibility index (Phi) is 6.02. The van der Waals surface area contributed by atoms with Crippen molar-refractivity contribution in [2.24, 2.45) is 0 Å². The van der Waals surface area contributed by atoms with Crippen molar-refractivity contribution in [1.29, 1.82) is 0 Å². The molecule has 0 spiro atoms. The van der Waals surface area contributed by atoms with Crippen LogP contribution < -0.4 is 14.8 Å². The predicted octanol–water partition coefficient (Wildman–Crippen LogP) is 2.86. The molecule has 1 N–H and O–H groups in total. The zero-order valence-corrected chi connectivity index (χ0v) is 14.4. The third-order valence-corrected chi connectivity index (χ3v) is 2.89. The summed E-state index contributed by atoms with van der Waals surface area (Å²) in [6.07, 6.45) is -0.341. The van der Waals surface area contributed by atoms with Crippen molar-refractivity contribution in [3.8, 4) is 11.6 Å². The van der Waals surface area contributed by atoms with Crippen LogP contribution in [0.2, 0.25) is 0 Å². The quantitative estimate of drug-likeness (QED) is 0.905. The number of ether oxygens (including phenoxy) is 3. The third-order valence-electron chi connectivity index (χ3n) is 2.89. The lowest BCUT2D eigenvalue weighted by atomic mass is 10.1. The number of pyridine rings is 1. The summed E-state index contributed by atoms with van der Waals surface area (Å²) in [5.74, 6) is 1.20. The molecule has 0 saturated heterocycles. The van der Waals surface area contributed by atoms with E-state index in [-0.39, 0.29) is 11.6 Å². The van der Waals surface area contributed by atoms with Gasteiger partial charge in [0.05, 0.1) is 19.9 Å². The molecule has 1 amide bonds. The average Bonchev–Trinajstić information content (AvgIpc) is 2.37. The number of aryl methyl sites for hydroxylation is 1. The lowest BCUT2D eigenvalue weighted by Gasteiger charge is -2.22. The Balaban J connectivity index is 2.79. The number of hydrogen-bond donors (Lipinski definition) is 1. The summed E-state index contributed by atoms with van der Waals surface area (Å²) in [6, 6.07) is 1.86. The highest BCUT2D eigenvalue weighted by Crippen LogP contribution is 2.25. The molecule has 0 aliphatic carbocycles. The molecule has 1 rings (SSSR count). The van der Waals surface area contributed by atoms with Crippen molar-refractivity contribution in [2.45, 2.75) is 52.7 Å². The second-order valence-corrected chi connectivity index (χ2v) is 6.26. The molecule has 0 aromatic carbocycles. The summed E-state index contributed by atoms with van der Waals surface area (Å²) in [5.41, 5.74) is 1.25. The summed E-state index contributed by atoms with van der Waals surface area (Å²) in [5, 5.41) is 2.76. The summed E-state index contributed by atoms with van der Waals surface area (Å²) in [7, 11) is 3.16. The molecule has 6 heteroatoms. The van der Waals surface area contributed by atoms with E-state index in [4.69, 9.17) is 14.2 Å². The number of nitrogens with zero attached hydrogens (tertiary/aromatic N) is 1. The van der Waals surface area contributed by atoms with Gasteiger partial charge in [-0.1, -0.05) is 0 Å². The summed E-state index contributed by atoms with van der Waals surface area (Å²) in [4.78, 5) is 16.2. The van der Waals surface area contributed by atoms with Crippen LogP contribution in [0.4, 0.5) is 4.79 Å². The number of hydrogen-bond acceptors (Lipinski definition) is 5. The van der Waals surface area contributed by atoms with Gasteiger partial charge < -0.3 is 19.5 Å². The van der Waals surface area contributed by atoms with Crippen molar-refractivity contribution < 1.29 is 19.0 Å². The first-order chi connectivity index (χ1) is 10.2. The molecule has 0 bridgehead atoms. The number of alkyl carbamates (subject to hydrolysis) is 1. The third kappa shape index (κ3) is 5.42. The maximum absolute atomic E-state index is 11.8. The van der Waals surface area contributed by atoms with E-state index < -0.39 is 6.09 Å². The van der Waals surface area contributed by atoms with Crippen molar-refractivity contribution >= 4 is 6.09 Å². The van der Waals surface area contributed by atoms with E-state index in [9.17, 15) is 4.79 Å². The van der Waals surface area contributed by atoms with Gasteiger partial charge in [-0.3, -0.25) is 0 Å². The molecular weight excluding hydrogens is 284 g/mol. The van der Waals surface area contributed by atoms with Gasteiger partial charge in [0, 0.05) is 17.5 Å². The minimum atomic E-state index is -0.446. The van der Waals surface area contributed by atoms with Gasteiger partial charge in [-0.25, -0.2) is 9.78 Å². The Morgan fingerprint density at radius 3 is 2.45 bits per heavy atom. The van der Waals surface area contributed by atoms with E-state index in [0.29, 0.717) is 23.7 Å². The molecule has 1 heterocycles. The Labute approximate surface area is 132 Å². The van der Waals surface area contributed by atoms with Gasteiger partial charge in [0.2, 0.25) is 5.88 Å². The topological polar surface area (TPSA) is 69.7 Å². The van der Waals surface area contributed by atoms with Gasteiger partial charge in [-0.15, -0.1) is 0 Å². The van der Waals surface area contributed by atoms with E-state index >= 15 is 0 Å². The fourth-order valence-electron chi connectivity index (χ4n) is 1.97. The number of aromatic nitrogens is 1. The second kappa shape index (κ2) is 7.33. The highest BCUT2D eigenvalue weighted by atomic mass is 16.6. The molecule has 1 aromatic rings. The zero-order chi connectivity index (χ0) is 16.9. The monoisotopic (exact) mass is 310 g/mol. The molecule has 1 unspecified atom stereocenters. The molecule has 0 saturated carbocycles. The summed E-state index contributed by atoms with van der Waals surface area (Å²) >= 11 is 0. The van der Waals surface area contributed by atoms with E-state index in [1.165, 1.54) is 0 Å². The standard InChI is InChI=1S/C16H26N2O4/c1-10-8-13(20-6)12(17-14(10)21-7)9-11(2)22-15(19)18-16(3,4)5/h8,11H,9H2,1-7H3,(H,18,19). The van der Waals surface area contributed by atoms with Crippen molar-refractivity contribution in [3.05, 3.63) is 17.3 Å². The number of nitrogens with one attached hydrogen (secondary N) is 1. The van der Waals surface area contributed by atoms with Crippen LogP contribution in [0.1, 0.15) is 39.0 Å². The molecular formula is C16H26N2O4. The van der Waals surface area contributed by atoms with Crippen LogP contribution in [0.15, 0.2) is 6.07 Å². The second-order valence-electron chi connectivity index (χ2n) is 6.26. The first kappa shape index (κ1) is 18.1. The highest BCUT2D eigenvalue weighted by molar-refractivity contribution is 5.68. The smallest absolute Gasteiger partial charge is 0.407 e. The molecule has 22 heavy (non-hydrogen) atoms. The van der Waals surface area contributed by atoms with E-state index in [1.54, 1.807) is 14.2 Å². The van der Waals surface area contributed by atoms with Crippen LogP contribution in [-0.4, -0.2) is 36.9 Å². The molecule has 1 aromatic heterocycles. The number of rotatable bonds is 5. The Morgan fingerprint density at radius 2 is 1.95 bits per heavy atom. The first-order valence-electron chi connectivity index (χ1n) is 7.23. The van der Waals surface area contributed by atoms with Gasteiger partial charge in [0.15, 0.2) is 0 Å². The fraction of sp³-hybridized carbons (Fsp3) is 0.625. The maximum atomic E-state index is 11.8. The number of carbonyl (C=O) groups is 1. The minimum absolute atomic E-state index is 0.334. The van der Waals surface area contributed by atoms with Crippen molar-refractivity contribution in [3.63, 3.8) is 0 Å². The molecule has 0 aliphatic rings. The molecule has 6 nitrogen and oxygen atoms in total. The maximum Gasteiger partial charge on any atom is 0.407 e. The van der Waals surface area contributed by atoms with Gasteiger partial charge in [-0.05, 0) is 40.7 Å². The Bertz CT molecular complexity index is 524.